The lowest BCUT2D eigenvalue weighted by molar-refractivity contribution is -0.122. The first-order valence-electron chi connectivity index (χ1n) is 8.85. The Morgan fingerprint density at radius 3 is 2.21 bits per heavy atom. The maximum absolute atomic E-state index is 13.2. The summed E-state index contributed by atoms with van der Waals surface area (Å²) in [7, 11) is -0.746. The molecule has 0 aliphatic carbocycles. The molecule has 1 N–H and O–H groups in total. The molecule has 29 heavy (non-hydrogen) atoms. The Labute approximate surface area is 170 Å². The third-order valence-electron chi connectivity index (χ3n) is 4.43. The number of carbonyl (C=O) groups excluding carboxylic acids is 1. The van der Waals surface area contributed by atoms with Crippen molar-refractivity contribution < 1.29 is 27.1 Å². The molecular formula is C20H25FN2O5S. The van der Waals surface area contributed by atoms with Crippen molar-refractivity contribution in [1.29, 1.82) is 0 Å². The molecule has 7 nitrogen and oxygen atoms in total. The van der Waals surface area contributed by atoms with Crippen LogP contribution in [0.1, 0.15) is 25.5 Å². The summed E-state index contributed by atoms with van der Waals surface area (Å²) in [6, 6.07) is 8.57. The molecule has 9 heteroatoms. The molecule has 0 radical (unpaired) electrons. The van der Waals surface area contributed by atoms with Crippen LogP contribution in [0, 0.1) is 5.82 Å². The van der Waals surface area contributed by atoms with Crippen LogP contribution in [0.15, 0.2) is 42.5 Å². The summed E-state index contributed by atoms with van der Waals surface area (Å²) in [6.45, 7) is 3.22. The summed E-state index contributed by atoms with van der Waals surface area (Å²) in [5.41, 5.74) is 0.878. The van der Waals surface area contributed by atoms with Gasteiger partial charge in [0.2, 0.25) is 15.9 Å². The zero-order valence-corrected chi connectivity index (χ0v) is 17.8. The minimum absolute atomic E-state index is 0.197. The number of halogens is 1. The van der Waals surface area contributed by atoms with Crippen LogP contribution in [0.5, 0.6) is 11.5 Å². The number of benzene rings is 2. The second kappa shape index (κ2) is 9.13. The van der Waals surface area contributed by atoms with E-state index in [4.69, 9.17) is 9.47 Å². The van der Waals surface area contributed by atoms with Crippen LogP contribution in [0.25, 0.3) is 0 Å². The van der Waals surface area contributed by atoms with Gasteiger partial charge in [0.25, 0.3) is 0 Å². The van der Waals surface area contributed by atoms with Crippen molar-refractivity contribution in [2.45, 2.75) is 25.9 Å². The fourth-order valence-corrected chi connectivity index (χ4v) is 4.16. The minimum Gasteiger partial charge on any atom is -0.497 e. The molecule has 0 fully saturated rings. The Morgan fingerprint density at radius 1 is 1.07 bits per heavy atom. The molecule has 2 atom stereocenters. The molecule has 0 saturated carbocycles. The van der Waals surface area contributed by atoms with Crippen molar-refractivity contribution in [3.8, 4) is 11.5 Å². The monoisotopic (exact) mass is 424 g/mol. The summed E-state index contributed by atoms with van der Waals surface area (Å²) < 4.78 is 49.4. The maximum Gasteiger partial charge on any atom is 0.244 e. The first-order chi connectivity index (χ1) is 13.6. The van der Waals surface area contributed by atoms with E-state index in [9.17, 15) is 17.6 Å². The summed E-state index contributed by atoms with van der Waals surface area (Å²) in [5.74, 6) is 0.138. The van der Waals surface area contributed by atoms with Gasteiger partial charge in [0.1, 0.15) is 23.4 Å². The van der Waals surface area contributed by atoms with Gasteiger partial charge in [-0.05, 0) is 56.3 Å². The highest BCUT2D eigenvalue weighted by Crippen LogP contribution is 2.29. The van der Waals surface area contributed by atoms with E-state index < -0.39 is 33.8 Å². The third kappa shape index (κ3) is 5.38. The average Bonchev–Trinajstić information content (AvgIpc) is 2.67. The van der Waals surface area contributed by atoms with Crippen LogP contribution in [-0.4, -0.2) is 40.8 Å². The summed E-state index contributed by atoms with van der Waals surface area (Å²) in [6.07, 6.45) is 0.995. The quantitative estimate of drug-likeness (QED) is 0.704. The van der Waals surface area contributed by atoms with E-state index in [1.807, 2.05) is 0 Å². The molecule has 2 rings (SSSR count). The molecule has 158 valence electrons. The molecule has 0 heterocycles. The largest absolute Gasteiger partial charge is 0.497 e. The van der Waals surface area contributed by atoms with Crippen molar-refractivity contribution >= 4 is 21.6 Å². The number of sulfonamides is 1. The van der Waals surface area contributed by atoms with E-state index in [-0.39, 0.29) is 5.69 Å². The van der Waals surface area contributed by atoms with Crippen molar-refractivity contribution in [3.63, 3.8) is 0 Å². The Balaban J connectivity index is 2.29. The lowest BCUT2D eigenvalue weighted by atomic mass is 10.1. The van der Waals surface area contributed by atoms with Gasteiger partial charge in [0.05, 0.1) is 32.2 Å². The Kier molecular flexibility index (Phi) is 7.07. The van der Waals surface area contributed by atoms with Gasteiger partial charge >= 0.3 is 0 Å². The van der Waals surface area contributed by atoms with Gasteiger partial charge in [-0.1, -0.05) is 0 Å². The first-order valence-corrected chi connectivity index (χ1v) is 10.7. The molecule has 1 amide bonds. The molecule has 2 aromatic carbocycles. The zero-order valence-electron chi connectivity index (χ0n) is 17.0. The predicted octanol–water partition coefficient (Wildman–Crippen LogP) is 2.87. The average molecular weight is 424 g/mol. The van der Waals surface area contributed by atoms with E-state index >= 15 is 0 Å². The van der Waals surface area contributed by atoms with Crippen molar-refractivity contribution in [1.82, 2.24) is 5.32 Å². The molecule has 0 aliphatic heterocycles. The predicted molar refractivity (Wildman–Crippen MR) is 109 cm³/mol. The zero-order chi connectivity index (χ0) is 21.8. The number of nitrogens with zero attached hydrogens (tertiary/aromatic N) is 1. The van der Waals surface area contributed by atoms with Gasteiger partial charge in [0, 0.05) is 5.56 Å². The van der Waals surface area contributed by atoms with Crippen molar-refractivity contribution in [2.75, 3.05) is 24.8 Å². The smallest absolute Gasteiger partial charge is 0.244 e. The van der Waals surface area contributed by atoms with Gasteiger partial charge < -0.3 is 14.8 Å². The van der Waals surface area contributed by atoms with Crippen LogP contribution in [0.2, 0.25) is 0 Å². The highest BCUT2D eigenvalue weighted by molar-refractivity contribution is 7.92. The second-order valence-electron chi connectivity index (χ2n) is 6.55. The molecule has 0 aliphatic rings. The SMILES string of the molecule is COc1ccc(OC)c([C@@H](C)NC(=O)[C@H](C)N(c2ccc(F)cc2)S(C)(=O)=O)c1. The molecule has 0 unspecified atom stereocenters. The highest BCUT2D eigenvalue weighted by atomic mass is 32.2. The number of rotatable bonds is 8. The molecule has 0 bridgehead atoms. The third-order valence-corrected chi connectivity index (χ3v) is 5.67. The minimum atomic E-state index is -3.79. The number of ether oxygens (including phenoxy) is 2. The van der Waals surface area contributed by atoms with Crippen molar-refractivity contribution in [2.24, 2.45) is 0 Å². The number of hydrogen-bond donors (Lipinski definition) is 1. The Bertz CT molecular complexity index is 963. The molecule has 0 aromatic heterocycles. The lowest BCUT2D eigenvalue weighted by Crippen LogP contribution is -2.48. The number of amides is 1. The molecule has 0 spiro atoms. The Morgan fingerprint density at radius 2 is 1.69 bits per heavy atom. The van der Waals surface area contributed by atoms with Gasteiger partial charge in [-0.25, -0.2) is 12.8 Å². The van der Waals surface area contributed by atoms with Gasteiger partial charge in [-0.3, -0.25) is 9.10 Å². The van der Waals surface area contributed by atoms with E-state index in [1.165, 1.54) is 33.3 Å². The highest BCUT2D eigenvalue weighted by Gasteiger charge is 2.30. The summed E-state index contributed by atoms with van der Waals surface area (Å²) in [4.78, 5) is 12.8. The van der Waals surface area contributed by atoms with E-state index in [0.29, 0.717) is 17.1 Å². The molecule has 0 saturated heterocycles. The maximum atomic E-state index is 13.2. The molecule has 2 aromatic rings. The topological polar surface area (TPSA) is 84.9 Å². The number of carbonyl (C=O) groups is 1. The standard InChI is InChI=1S/C20H25FN2O5S/c1-13(18-12-17(27-3)10-11-19(18)28-4)22-20(24)14(2)23(29(5,25)26)16-8-6-15(21)7-9-16/h6-14H,1-5H3,(H,22,24)/t13-,14+/m1/s1. The van der Waals surface area contributed by atoms with Crippen LogP contribution in [0.4, 0.5) is 10.1 Å². The lowest BCUT2D eigenvalue weighted by Gasteiger charge is -2.29. The Hall–Kier alpha value is -2.81. The number of anilines is 1. The van der Waals surface area contributed by atoms with E-state index in [0.717, 1.165) is 22.7 Å². The van der Waals surface area contributed by atoms with Gasteiger partial charge in [-0.2, -0.15) is 0 Å². The van der Waals surface area contributed by atoms with E-state index in [2.05, 4.69) is 5.32 Å². The fourth-order valence-electron chi connectivity index (χ4n) is 2.99. The fraction of sp³-hybridized carbons (Fsp3) is 0.350. The first kappa shape index (κ1) is 22.5. The number of hydrogen-bond acceptors (Lipinski definition) is 5. The van der Waals surface area contributed by atoms with Crippen LogP contribution in [-0.2, 0) is 14.8 Å². The van der Waals surface area contributed by atoms with Crippen molar-refractivity contribution in [3.05, 3.63) is 53.8 Å². The van der Waals surface area contributed by atoms with Gasteiger partial charge in [0.15, 0.2) is 0 Å². The summed E-state index contributed by atoms with van der Waals surface area (Å²) in [5, 5.41) is 2.80. The summed E-state index contributed by atoms with van der Waals surface area (Å²) >= 11 is 0. The van der Waals surface area contributed by atoms with Crippen LogP contribution in [0.3, 0.4) is 0 Å². The van der Waals surface area contributed by atoms with Crippen LogP contribution < -0.4 is 19.1 Å². The van der Waals surface area contributed by atoms with E-state index in [1.54, 1.807) is 25.1 Å². The molecular weight excluding hydrogens is 399 g/mol. The van der Waals surface area contributed by atoms with Gasteiger partial charge in [-0.15, -0.1) is 0 Å². The van der Waals surface area contributed by atoms with Crippen LogP contribution >= 0.6 is 0 Å². The number of nitrogens with one attached hydrogen (secondary N) is 1. The second-order valence-corrected chi connectivity index (χ2v) is 8.41. The number of methoxy groups -OCH3 is 2. The normalized spacial score (nSPS) is 13.3.